The largest absolute Gasteiger partial charge is 0.390 e. The number of rotatable bonds is 2. The van der Waals surface area contributed by atoms with Gasteiger partial charge in [0.05, 0.1) is 12.2 Å². The van der Waals surface area contributed by atoms with E-state index in [1.54, 1.807) is 0 Å². The van der Waals surface area contributed by atoms with Crippen LogP contribution in [-0.2, 0) is 4.74 Å². The third-order valence-corrected chi connectivity index (χ3v) is 2.40. The summed E-state index contributed by atoms with van der Waals surface area (Å²) in [5.41, 5.74) is 0. The lowest BCUT2D eigenvalue weighted by Crippen LogP contribution is -2.35. The second-order valence-corrected chi connectivity index (χ2v) is 3.48. The summed E-state index contributed by atoms with van der Waals surface area (Å²) in [5, 5.41) is 9.49. The summed E-state index contributed by atoms with van der Waals surface area (Å²) in [4.78, 5) is 0. The summed E-state index contributed by atoms with van der Waals surface area (Å²) in [7, 11) is 0. The summed E-state index contributed by atoms with van der Waals surface area (Å²) >= 11 is 0. The predicted molar refractivity (Wildman–Crippen MR) is 44.4 cm³/mol. The van der Waals surface area contributed by atoms with E-state index in [2.05, 4.69) is 6.92 Å². The maximum Gasteiger partial charge on any atom is 0.0836 e. The van der Waals surface area contributed by atoms with Gasteiger partial charge in [-0.2, -0.15) is 0 Å². The molecule has 3 atom stereocenters. The molecular formula is C9H18O2. The lowest BCUT2D eigenvalue weighted by molar-refractivity contribution is -0.0652. The van der Waals surface area contributed by atoms with Gasteiger partial charge in [0.1, 0.15) is 0 Å². The molecule has 66 valence electrons. The van der Waals surface area contributed by atoms with Crippen LogP contribution in [0.3, 0.4) is 0 Å². The maximum atomic E-state index is 9.49. The second kappa shape index (κ2) is 4.07. The first kappa shape index (κ1) is 9.01. The van der Waals surface area contributed by atoms with Gasteiger partial charge in [0, 0.05) is 6.61 Å². The van der Waals surface area contributed by atoms with Gasteiger partial charge in [-0.25, -0.2) is 0 Å². The van der Waals surface area contributed by atoms with E-state index in [4.69, 9.17) is 4.74 Å². The molecule has 0 radical (unpaired) electrons. The monoisotopic (exact) mass is 158 g/mol. The summed E-state index contributed by atoms with van der Waals surface area (Å²) in [6.07, 6.45) is 2.96. The minimum absolute atomic E-state index is 0.101. The highest BCUT2D eigenvalue weighted by Crippen LogP contribution is 2.25. The molecule has 0 heterocycles. The fourth-order valence-corrected chi connectivity index (χ4v) is 1.71. The number of aliphatic hydroxyl groups is 1. The molecule has 1 aliphatic rings. The zero-order valence-electron chi connectivity index (χ0n) is 7.42. The Morgan fingerprint density at radius 2 is 2.18 bits per heavy atom. The van der Waals surface area contributed by atoms with Crippen LogP contribution in [-0.4, -0.2) is 23.9 Å². The maximum absolute atomic E-state index is 9.49. The molecule has 0 amide bonds. The number of hydrogen-bond donors (Lipinski definition) is 1. The molecule has 0 aromatic carbocycles. The van der Waals surface area contributed by atoms with Crippen molar-refractivity contribution in [2.45, 2.75) is 45.3 Å². The molecule has 1 fully saturated rings. The van der Waals surface area contributed by atoms with Gasteiger partial charge in [-0.1, -0.05) is 6.92 Å². The fraction of sp³-hybridized carbons (Fsp3) is 1.00. The van der Waals surface area contributed by atoms with Crippen molar-refractivity contribution in [3.63, 3.8) is 0 Å². The molecule has 0 spiro atoms. The Bertz CT molecular complexity index is 114. The van der Waals surface area contributed by atoms with Crippen molar-refractivity contribution in [3.8, 4) is 0 Å². The van der Waals surface area contributed by atoms with E-state index in [0.717, 1.165) is 25.2 Å². The smallest absolute Gasteiger partial charge is 0.0836 e. The van der Waals surface area contributed by atoms with Crippen molar-refractivity contribution in [3.05, 3.63) is 0 Å². The van der Waals surface area contributed by atoms with Crippen molar-refractivity contribution in [2.24, 2.45) is 5.92 Å². The topological polar surface area (TPSA) is 29.5 Å². The highest BCUT2D eigenvalue weighted by Gasteiger charge is 2.26. The van der Waals surface area contributed by atoms with Crippen LogP contribution in [0.15, 0.2) is 0 Å². The Hall–Kier alpha value is -0.0800. The highest BCUT2D eigenvalue weighted by atomic mass is 16.5. The van der Waals surface area contributed by atoms with Crippen LogP contribution in [0.25, 0.3) is 0 Å². The molecule has 1 rings (SSSR count). The fourth-order valence-electron chi connectivity index (χ4n) is 1.71. The Morgan fingerprint density at radius 1 is 1.45 bits per heavy atom. The van der Waals surface area contributed by atoms with Gasteiger partial charge in [-0.15, -0.1) is 0 Å². The predicted octanol–water partition coefficient (Wildman–Crippen LogP) is 1.57. The third kappa shape index (κ3) is 2.46. The van der Waals surface area contributed by atoms with Crippen LogP contribution >= 0.6 is 0 Å². The molecule has 0 aromatic rings. The Labute approximate surface area is 68.6 Å². The van der Waals surface area contributed by atoms with E-state index in [1.165, 1.54) is 0 Å². The van der Waals surface area contributed by atoms with Gasteiger partial charge in [0.2, 0.25) is 0 Å². The van der Waals surface area contributed by atoms with Crippen LogP contribution in [0.1, 0.15) is 33.1 Å². The van der Waals surface area contributed by atoms with Gasteiger partial charge < -0.3 is 9.84 Å². The molecule has 0 aromatic heterocycles. The average Bonchev–Trinajstić information content (AvgIpc) is 1.98. The number of ether oxygens (including phenoxy) is 1. The lowest BCUT2D eigenvalue weighted by Gasteiger charge is -2.31. The molecule has 0 saturated heterocycles. The number of hydrogen-bond acceptors (Lipinski definition) is 2. The lowest BCUT2D eigenvalue weighted by atomic mass is 9.86. The third-order valence-electron chi connectivity index (χ3n) is 2.40. The van der Waals surface area contributed by atoms with Crippen LogP contribution in [0.2, 0.25) is 0 Å². The normalized spacial score (nSPS) is 39.0. The van der Waals surface area contributed by atoms with Crippen molar-refractivity contribution in [1.82, 2.24) is 0 Å². The first-order valence-electron chi connectivity index (χ1n) is 4.53. The zero-order valence-corrected chi connectivity index (χ0v) is 7.42. The molecular weight excluding hydrogens is 140 g/mol. The van der Waals surface area contributed by atoms with Crippen LogP contribution in [0, 0.1) is 5.92 Å². The van der Waals surface area contributed by atoms with Gasteiger partial charge >= 0.3 is 0 Å². The summed E-state index contributed by atoms with van der Waals surface area (Å²) in [6, 6.07) is 0. The van der Waals surface area contributed by atoms with Gasteiger partial charge in [0.15, 0.2) is 0 Å². The van der Waals surface area contributed by atoms with Crippen molar-refractivity contribution >= 4 is 0 Å². The summed E-state index contributed by atoms with van der Waals surface area (Å²) < 4.78 is 5.42. The van der Waals surface area contributed by atoms with Crippen LogP contribution in [0.4, 0.5) is 0 Å². The van der Waals surface area contributed by atoms with Crippen molar-refractivity contribution < 1.29 is 9.84 Å². The van der Waals surface area contributed by atoms with Crippen molar-refractivity contribution in [2.75, 3.05) is 6.61 Å². The first-order valence-corrected chi connectivity index (χ1v) is 4.53. The van der Waals surface area contributed by atoms with Crippen LogP contribution in [0.5, 0.6) is 0 Å². The molecule has 0 aliphatic heterocycles. The first-order chi connectivity index (χ1) is 5.24. The molecule has 1 N–H and O–H groups in total. The van der Waals surface area contributed by atoms with E-state index in [0.29, 0.717) is 6.61 Å². The Balaban J connectivity index is 2.34. The van der Waals surface area contributed by atoms with Gasteiger partial charge in [0.25, 0.3) is 0 Å². The SMILES string of the molecule is CCOC1CC(C)CCC1O. The minimum Gasteiger partial charge on any atom is -0.390 e. The van der Waals surface area contributed by atoms with E-state index >= 15 is 0 Å². The zero-order chi connectivity index (χ0) is 8.27. The quantitative estimate of drug-likeness (QED) is 0.661. The van der Waals surface area contributed by atoms with Gasteiger partial charge in [-0.3, -0.25) is 0 Å². The summed E-state index contributed by atoms with van der Waals surface area (Å²) in [5.74, 6) is 0.718. The molecule has 1 saturated carbocycles. The van der Waals surface area contributed by atoms with Gasteiger partial charge in [-0.05, 0) is 32.1 Å². The number of aliphatic hydroxyl groups excluding tert-OH is 1. The van der Waals surface area contributed by atoms with Crippen LogP contribution < -0.4 is 0 Å². The van der Waals surface area contributed by atoms with E-state index < -0.39 is 0 Å². The average molecular weight is 158 g/mol. The Morgan fingerprint density at radius 3 is 2.82 bits per heavy atom. The molecule has 11 heavy (non-hydrogen) atoms. The minimum atomic E-state index is -0.217. The van der Waals surface area contributed by atoms with E-state index in [1.807, 2.05) is 6.92 Å². The Kier molecular flexibility index (Phi) is 3.34. The molecule has 2 nitrogen and oxygen atoms in total. The molecule has 2 heteroatoms. The molecule has 3 unspecified atom stereocenters. The molecule has 1 aliphatic carbocycles. The summed E-state index contributed by atoms with van der Waals surface area (Å²) in [6.45, 7) is 4.92. The van der Waals surface area contributed by atoms with E-state index in [9.17, 15) is 5.11 Å². The second-order valence-electron chi connectivity index (χ2n) is 3.48. The standard InChI is InChI=1S/C9H18O2/c1-3-11-9-6-7(2)4-5-8(9)10/h7-10H,3-6H2,1-2H3. The van der Waals surface area contributed by atoms with E-state index in [-0.39, 0.29) is 12.2 Å². The van der Waals surface area contributed by atoms with Crippen molar-refractivity contribution in [1.29, 1.82) is 0 Å². The highest BCUT2D eigenvalue weighted by molar-refractivity contribution is 4.78. The molecule has 0 bridgehead atoms.